The average molecular weight is 375 g/mol. The summed E-state index contributed by atoms with van der Waals surface area (Å²) < 4.78 is 0. The molecule has 0 radical (unpaired) electrons. The number of carboxylic acids is 1. The van der Waals surface area contributed by atoms with E-state index in [1.54, 1.807) is 6.07 Å². The lowest BCUT2D eigenvalue weighted by molar-refractivity contribution is -0.384. The summed E-state index contributed by atoms with van der Waals surface area (Å²) in [6.45, 7) is 0. The van der Waals surface area contributed by atoms with Crippen LogP contribution in [0.5, 0.6) is 0 Å². The molecular formula is C19H9N3O6. The van der Waals surface area contributed by atoms with E-state index in [1.807, 2.05) is 0 Å². The van der Waals surface area contributed by atoms with Crippen molar-refractivity contribution in [2.24, 2.45) is 0 Å². The Morgan fingerprint density at radius 2 is 1.71 bits per heavy atom. The first-order valence-corrected chi connectivity index (χ1v) is 7.95. The molecule has 2 aromatic heterocycles. The van der Waals surface area contributed by atoms with Gasteiger partial charge in [-0.25, -0.2) is 4.79 Å². The van der Waals surface area contributed by atoms with Crippen LogP contribution in [0, 0.1) is 10.1 Å². The lowest BCUT2D eigenvalue weighted by atomic mass is 9.85. The lowest BCUT2D eigenvalue weighted by Gasteiger charge is -2.19. The summed E-state index contributed by atoms with van der Waals surface area (Å²) in [6.07, 6.45) is 2.27. The number of para-hydroxylation sites is 1. The van der Waals surface area contributed by atoms with Crippen molar-refractivity contribution < 1.29 is 24.4 Å². The number of rotatable bonds is 3. The summed E-state index contributed by atoms with van der Waals surface area (Å²) in [5, 5.41) is 20.5. The molecule has 1 N–H and O–H groups in total. The number of fused-ring (bicyclic) bond motifs is 2. The highest BCUT2D eigenvalue weighted by Gasteiger charge is 2.36. The van der Waals surface area contributed by atoms with Gasteiger partial charge in [-0.3, -0.25) is 29.7 Å². The summed E-state index contributed by atoms with van der Waals surface area (Å²) >= 11 is 0. The second-order valence-corrected chi connectivity index (χ2v) is 5.94. The van der Waals surface area contributed by atoms with Crippen LogP contribution < -0.4 is 0 Å². The number of hydrogen-bond donors (Lipinski definition) is 1. The minimum atomic E-state index is -1.30. The SMILES string of the molecule is O=C(O)c1cnc2c(c1)C(=O)c1c(-c3ccccc3[N+](=O)[O-])ccnc1C2=O. The number of nitro benzene ring substituents is 1. The molecular weight excluding hydrogens is 366 g/mol. The Morgan fingerprint density at radius 1 is 0.964 bits per heavy atom. The van der Waals surface area contributed by atoms with Crippen LogP contribution in [0.2, 0.25) is 0 Å². The molecule has 0 atom stereocenters. The third kappa shape index (κ3) is 2.45. The van der Waals surface area contributed by atoms with E-state index in [0.717, 1.165) is 12.3 Å². The van der Waals surface area contributed by atoms with Gasteiger partial charge in [0.2, 0.25) is 5.78 Å². The molecule has 0 bridgehead atoms. The number of aromatic nitrogens is 2. The molecule has 9 nitrogen and oxygen atoms in total. The summed E-state index contributed by atoms with van der Waals surface area (Å²) in [4.78, 5) is 55.7. The standard InChI is InChI=1S/C19H9N3O6/c23-17-12-7-9(19(25)26)8-21-15(12)18(24)16-14(17)11(5-6-20-16)10-3-1-2-4-13(10)22(27)28/h1-8H,(H,25,26). The van der Waals surface area contributed by atoms with Gasteiger partial charge in [-0.05, 0) is 18.2 Å². The van der Waals surface area contributed by atoms with Gasteiger partial charge in [0.25, 0.3) is 5.69 Å². The fourth-order valence-corrected chi connectivity index (χ4v) is 3.13. The molecule has 1 aromatic carbocycles. The predicted molar refractivity (Wildman–Crippen MR) is 94.4 cm³/mol. The number of benzene rings is 1. The van der Waals surface area contributed by atoms with Crippen LogP contribution in [0.15, 0.2) is 48.8 Å². The van der Waals surface area contributed by atoms with Crippen molar-refractivity contribution in [3.8, 4) is 11.1 Å². The van der Waals surface area contributed by atoms with Crippen molar-refractivity contribution in [3.05, 3.63) is 87.0 Å². The second-order valence-electron chi connectivity index (χ2n) is 5.94. The molecule has 0 fully saturated rings. The zero-order valence-corrected chi connectivity index (χ0v) is 13.9. The van der Waals surface area contributed by atoms with E-state index in [2.05, 4.69) is 9.97 Å². The number of carbonyl (C=O) groups is 3. The molecule has 0 spiro atoms. The Bertz CT molecular complexity index is 1220. The van der Waals surface area contributed by atoms with E-state index in [9.17, 15) is 24.5 Å². The topological polar surface area (TPSA) is 140 Å². The summed E-state index contributed by atoms with van der Waals surface area (Å²) in [5.74, 6) is -2.62. The summed E-state index contributed by atoms with van der Waals surface area (Å²) in [6, 6.07) is 8.29. The molecule has 9 heteroatoms. The highest BCUT2D eigenvalue weighted by Crippen LogP contribution is 2.36. The molecule has 0 unspecified atom stereocenters. The molecule has 0 amide bonds. The van der Waals surface area contributed by atoms with Crippen molar-refractivity contribution in [1.29, 1.82) is 0 Å². The van der Waals surface area contributed by atoms with Crippen molar-refractivity contribution in [1.82, 2.24) is 9.97 Å². The second kappa shape index (κ2) is 6.16. The Hall–Kier alpha value is -4.27. The summed E-state index contributed by atoms with van der Waals surface area (Å²) in [5.41, 5.74) is -0.832. The molecule has 28 heavy (non-hydrogen) atoms. The van der Waals surface area contributed by atoms with Gasteiger partial charge in [-0.1, -0.05) is 12.1 Å². The number of nitrogens with zero attached hydrogens (tertiary/aromatic N) is 3. The van der Waals surface area contributed by atoms with E-state index in [0.29, 0.717) is 0 Å². The zero-order chi connectivity index (χ0) is 20.0. The number of hydrogen-bond acceptors (Lipinski definition) is 7. The third-order valence-electron chi connectivity index (χ3n) is 4.38. The lowest BCUT2D eigenvalue weighted by Crippen LogP contribution is -2.25. The fraction of sp³-hybridized carbons (Fsp3) is 0. The van der Waals surface area contributed by atoms with Crippen LogP contribution in [0.3, 0.4) is 0 Å². The first kappa shape index (κ1) is 17.2. The highest BCUT2D eigenvalue weighted by atomic mass is 16.6. The summed E-state index contributed by atoms with van der Waals surface area (Å²) in [7, 11) is 0. The minimum absolute atomic E-state index is 0.112. The van der Waals surface area contributed by atoms with Gasteiger partial charge in [0.05, 0.1) is 27.2 Å². The van der Waals surface area contributed by atoms with Crippen LogP contribution in [-0.4, -0.2) is 37.5 Å². The number of ketones is 2. The third-order valence-corrected chi connectivity index (χ3v) is 4.38. The Morgan fingerprint density at radius 3 is 2.43 bits per heavy atom. The van der Waals surface area contributed by atoms with E-state index >= 15 is 0 Å². The van der Waals surface area contributed by atoms with Gasteiger partial charge < -0.3 is 5.11 Å². The monoisotopic (exact) mass is 375 g/mol. The fourth-order valence-electron chi connectivity index (χ4n) is 3.13. The molecule has 0 saturated heterocycles. The van der Waals surface area contributed by atoms with Gasteiger partial charge in [0, 0.05) is 24.0 Å². The number of carbonyl (C=O) groups excluding carboxylic acids is 2. The smallest absolute Gasteiger partial charge is 0.337 e. The molecule has 0 aliphatic heterocycles. The molecule has 2 heterocycles. The van der Waals surface area contributed by atoms with Crippen LogP contribution in [-0.2, 0) is 0 Å². The highest BCUT2D eigenvalue weighted by molar-refractivity contribution is 6.29. The van der Waals surface area contributed by atoms with Crippen LogP contribution in [0.1, 0.15) is 42.5 Å². The van der Waals surface area contributed by atoms with Crippen LogP contribution in [0.25, 0.3) is 11.1 Å². The molecule has 3 aromatic rings. The van der Waals surface area contributed by atoms with Gasteiger partial charge >= 0.3 is 5.97 Å². The predicted octanol–water partition coefficient (Wildman–Crippen LogP) is 2.53. The van der Waals surface area contributed by atoms with E-state index in [-0.39, 0.29) is 44.9 Å². The number of nitro groups is 1. The maximum Gasteiger partial charge on any atom is 0.337 e. The number of carboxylic acid groups (broad SMARTS) is 1. The van der Waals surface area contributed by atoms with Crippen LogP contribution in [0.4, 0.5) is 5.69 Å². The quantitative estimate of drug-likeness (QED) is 0.425. The molecule has 1 aliphatic carbocycles. The Labute approximate surface area is 156 Å². The Balaban J connectivity index is 2.00. The van der Waals surface area contributed by atoms with Gasteiger partial charge in [0.1, 0.15) is 11.4 Å². The normalized spacial score (nSPS) is 12.3. The first-order chi connectivity index (χ1) is 13.4. The van der Waals surface area contributed by atoms with Gasteiger partial charge in [0.15, 0.2) is 5.78 Å². The maximum absolute atomic E-state index is 13.1. The molecule has 136 valence electrons. The Kier molecular flexibility index (Phi) is 3.78. The van der Waals surface area contributed by atoms with E-state index in [4.69, 9.17) is 5.11 Å². The molecule has 1 aliphatic rings. The number of pyridine rings is 2. The minimum Gasteiger partial charge on any atom is -0.478 e. The van der Waals surface area contributed by atoms with Crippen molar-refractivity contribution in [2.75, 3.05) is 0 Å². The van der Waals surface area contributed by atoms with Crippen LogP contribution >= 0.6 is 0 Å². The zero-order valence-electron chi connectivity index (χ0n) is 13.9. The largest absolute Gasteiger partial charge is 0.478 e. The maximum atomic E-state index is 13.1. The van der Waals surface area contributed by atoms with E-state index < -0.39 is 22.5 Å². The average Bonchev–Trinajstić information content (AvgIpc) is 2.71. The van der Waals surface area contributed by atoms with Gasteiger partial charge in [-0.15, -0.1) is 0 Å². The number of aromatic carboxylic acids is 1. The van der Waals surface area contributed by atoms with Crippen molar-refractivity contribution >= 4 is 23.2 Å². The van der Waals surface area contributed by atoms with Crippen molar-refractivity contribution in [2.45, 2.75) is 0 Å². The van der Waals surface area contributed by atoms with E-state index in [1.165, 1.54) is 30.5 Å². The first-order valence-electron chi connectivity index (χ1n) is 7.95. The molecule has 4 rings (SSSR count). The van der Waals surface area contributed by atoms with Gasteiger partial charge in [-0.2, -0.15) is 0 Å². The molecule has 0 saturated carbocycles. The van der Waals surface area contributed by atoms with Crippen molar-refractivity contribution in [3.63, 3.8) is 0 Å².